The van der Waals surface area contributed by atoms with Gasteiger partial charge in [0.05, 0.1) is 0 Å². The van der Waals surface area contributed by atoms with Crippen molar-refractivity contribution >= 4 is 33.4 Å². The van der Waals surface area contributed by atoms with Crippen LogP contribution in [0.2, 0.25) is 0 Å². The van der Waals surface area contributed by atoms with Gasteiger partial charge in [-0.15, -0.1) is 11.8 Å². The number of anilines is 1. The van der Waals surface area contributed by atoms with Crippen LogP contribution in [0.25, 0.3) is 0 Å². The van der Waals surface area contributed by atoms with Crippen LogP contribution in [-0.4, -0.2) is 23.3 Å². The minimum Gasteiger partial charge on any atom is -0.398 e. The van der Waals surface area contributed by atoms with Gasteiger partial charge in [0.25, 0.3) is 0 Å². The molecule has 0 spiro atoms. The smallest absolute Gasteiger partial charge is 0.0378 e. The zero-order valence-electron chi connectivity index (χ0n) is 12.1. The second-order valence-electron chi connectivity index (χ2n) is 4.80. The van der Waals surface area contributed by atoms with Crippen LogP contribution >= 0.6 is 27.7 Å². The number of thioether (sulfide) groups is 1. The lowest BCUT2D eigenvalue weighted by atomic mass is 10.1. The number of hydrogen-bond donors (Lipinski definition) is 2. The third-order valence-electron chi connectivity index (χ3n) is 3.15. The normalized spacial score (nSPS) is 12.3. The SMILES string of the molecule is CCNC(CSc1cccc(Br)c1)Cc1cnccc1N. The van der Waals surface area contributed by atoms with Crippen LogP contribution in [0.1, 0.15) is 12.5 Å². The first-order chi connectivity index (χ1) is 10.2. The van der Waals surface area contributed by atoms with E-state index in [1.165, 1.54) is 4.90 Å². The summed E-state index contributed by atoms with van der Waals surface area (Å²) in [4.78, 5) is 5.44. The van der Waals surface area contributed by atoms with Gasteiger partial charge in [-0.3, -0.25) is 4.98 Å². The zero-order chi connectivity index (χ0) is 15.1. The molecule has 21 heavy (non-hydrogen) atoms. The van der Waals surface area contributed by atoms with E-state index in [0.717, 1.165) is 34.4 Å². The first-order valence-electron chi connectivity index (χ1n) is 6.99. The Hall–Kier alpha value is -1.04. The molecule has 1 aromatic heterocycles. The highest BCUT2D eigenvalue weighted by atomic mass is 79.9. The van der Waals surface area contributed by atoms with Gasteiger partial charge in [-0.1, -0.05) is 28.9 Å². The number of nitrogens with zero attached hydrogens (tertiary/aromatic N) is 1. The van der Waals surface area contributed by atoms with Crippen molar-refractivity contribution in [1.82, 2.24) is 10.3 Å². The molecule has 1 unspecified atom stereocenters. The highest BCUT2D eigenvalue weighted by Gasteiger charge is 2.11. The van der Waals surface area contributed by atoms with E-state index >= 15 is 0 Å². The second kappa shape index (κ2) is 8.41. The number of rotatable bonds is 7. The van der Waals surface area contributed by atoms with Gasteiger partial charge in [-0.2, -0.15) is 0 Å². The van der Waals surface area contributed by atoms with E-state index in [-0.39, 0.29) is 0 Å². The Kier molecular flexibility index (Phi) is 6.54. The minimum absolute atomic E-state index is 0.380. The molecule has 0 aliphatic heterocycles. The van der Waals surface area contributed by atoms with Crippen molar-refractivity contribution in [1.29, 1.82) is 0 Å². The first-order valence-corrected chi connectivity index (χ1v) is 8.77. The van der Waals surface area contributed by atoms with Gasteiger partial charge in [0.15, 0.2) is 0 Å². The maximum atomic E-state index is 6.01. The Morgan fingerprint density at radius 1 is 1.38 bits per heavy atom. The standard InChI is InChI=1S/C16H20BrN3S/c1-2-20-14(8-12-10-19-7-6-16(12)18)11-21-15-5-3-4-13(17)9-15/h3-7,9-10,14,20H,2,8,11H2,1H3,(H2,18,19). The molecule has 1 atom stereocenters. The first kappa shape index (κ1) is 16.3. The molecule has 2 aromatic rings. The molecule has 0 saturated carbocycles. The summed E-state index contributed by atoms with van der Waals surface area (Å²) in [5.41, 5.74) is 7.94. The number of aromatic nitrogens is 1. The number of pyridine rings is 1. The van der Waals surface area contributed by atoms with Gasteiger partial charge in [-0.05, 0) is 42.8 Å². The van der Waals surface area contributed by atoms with Crippen LogP contribution < -0.4 is 11.1 Å². The van der Waals surface area contributed by atoms with Crippen molar-refractivity contribution in [3.8, 4) is 0 Å². The number of nitrogens with one attached hydrogen (secondary N) is 1. The van der Waals surface area contributed by atoms with Gasteiger partial charge in [0, 0.05) is 39.2 Å². The summed E-state index contributed by atoms with van der Waals surface area (Å²) in [5.74, 6) is 0.999. The molecular formula is C16H20BrN3S. The van der Waals surface area contributed by atoms with Gasteiger partial charge in [-0.25, -0.2) is 0 Å². The molecule has 3 nitrogen and oxygen atoms in total. The fraction of sp³-hybridized carbons (Fsp3) is 0.312. The van der Waals surface area contributed by atoms with E-state index in [1.54, 1.807) is 6.20 Å². The Labute approximate surface area is 138 Å². The molecule has 1 heterocycles. The molecular weight excluding hydrogens is 346 g/mol. The second-order valence-corrected chi connectivity index (χ2v) is 6.81. The molecule has 112 valence electrons. The molecule has 0 bridgehead atoms. The Morgan fingerprint density at radius 2 is 2.24 bits per heavy atom. The molecule has 0 aliphatic rings. The third kappa shape index (κ3) is 5.34. The van der Waals surface area contributed by atoms with Gasteiger partial charge < -0.3 is 11.1 Å². The van der Waals surface area contributed by atoms with Crippen molar-refractivity contribution in [2.24, 2.45) is 0 Å². The number of benzene rings is 1. The van der Waals surface area contributed by atoms with E-state index < -0.39 is 0 Å². The van der Waals surface area contributed by atoms with E-state index in [4.69, 9.17) is 5.73 Å². The fourth-order valence-corrected chi connectivity index (χ4v) is 3.67. The molecule has 0 fully saturated rings. The summed E-state index contributed by atoms with van der Waals surface area (Å²) in [6, 6.07) is 10.6. The highest BCUT2D eigenvalue weighted by Crippen LogP contribution is 2.23. The van der Waals surface area contributed by atoms with Crippen molar-refractivity contribution in [2.45, 2.75) is 24.3 Å². The van der Waals surface area contributed by atoms with Crippen LogP contribution in [0.4, 0.5) is 5.69 Å². The number of hydrogen-bond acceptors (Lipinski definition) is 4. The van der Waals surface area contributed by atoms with Crippen LogP contribution in [-0.2, 0) is 6.42 Å². The molecule has 0 amide bonds. The molecule has 2 rings (SSSR count). The quantitative estimate of drug-likeness (QED) is 0.733. The van der Waals surface area contributed by atoms with Crippen LogP contribution in [0, 0.1) is 0 Å². The third-order valence-corrected chi connectivity index (χ3v) is 4.80. The van der Waals surface area contributed by atoms with E-state index in [2.05, 4.69) is 51.4 Å². The lowest BCUT2D eigenvalue weighted by molar-refractivity contribution is 0.572. The predicted octanol–water partition coefficient (Wildman–Crippen LogP) is 3.74. The summed E-state index contributed by atoms with van der Waals surface area (Å²) in [6.45, 7) is 3.08. The van der Waals surface area contributed by atoms with Crippen LogP contribution in [0.3, 0.4) is 0 Å². The molecule has 5 heteroatoms. The Balaban J connectivity index is 1.97. The van der Waals surface area contributed by atoms with Gasteiger partial charge in [0.2, 0.25) is 0 Å². The van der Waals surface area contributed by atoms with E-state index in [1.807, 2.05) is 30.1 Å². The maximum Gasteiger partial charge on any atom is 0.0378 e. The molecule has 3 N–H and O–H groups in total. The summed E-state index contributed by atoms with van der Waals surface area (Å²) in [5, 5.41) is 3.53. The summed E-state index contributed by atoms with van der Waals surface area (Å²) in [7, 11) is 0. The largest absolute Gasteiger partial charge is 0.398 e. The van der Waals surface area contributed by atoms with Gasteiger partial charge >= 0.3 is 0 Å². The highest BCUT2D eigenvalue weighted by molar-refractivity contribution is 9.10. The number of halogens is 1. The van der Waals surface area contributed by atoms with Crippen molar-refractivity contribution < 1.29 is 0 Å². The monoisotopic (exact) mass is 365 g/mol. The molecule has 0 radical (unpaired) electrons. The van der Waals surface area contributed by atoms with Crippen molar-refractivity contribution in [2.75, 3.05) is 18.0 Å². The number of nitrogens with two attached hydrogens (primary N) is 1. The summed E-state index contributed by atoms with van der Waals surface area (Å²) >= 11 is 5.36. The van der Waals surface area contributed by atoms with E-state index in [0.29, 0.717) is 6.04 Å². The summed E-state index contributed by atoms with van der Waals surface area (Å²) < 4.78 is 1.11. The Bertz CT molecular complexity index is 577. The fourth-order valence-electron chi connectivity index (χ4n) is 2.11. The van der Waals surface area contributed by atoms with Crippen molar-refractivity contribution in [3.63, 3.8) is 0 Å². The minimum atomic E-state index is 0.380. The molecule has 0 saturated heterocycles. The number of likely N-dealkylation sites (N-methyl/N-ethyl adjacent to an activating group) is 1. The van der Waals surface area contributed by atoms with Crippen molar-refractivity contribution in [3.05, 3.63) is 52.8 Å². The number of nitrogen functional groups attached to an aromatic ring is 1. The average molecular weight is 366 g/mol. The molecule has 0 aliphatic carbocycles. The lowest BCUT2D eigenvalue weighted by Crippen LogP contribution is -2.33. The van der Waals surface area contributed by atoms with Gasteiger partial charge in [0.1, 0.15) is 0 Å². The maximum absolute atomic E-state index is 6.01. The lowest BCUT2D eigenvalue weighted by Gasteiger charge is -2.18. The zero-order valence-corrected chi connectivity index (χ0v) is 14.5. The van der Waals surface area contributed by atoms with Crippen LogP contribution in [0.15, 0.2) is 52.1 Å². The van der Waals surface area contributed by atoms with Crippen LogP contribution in [0.5, 0.6) is 0 Å². The molecule has 1 aromatic carbocycles. The predicted molar refractivity (Wildman–Crippen MR) is 94.7 cm³/mol. The van der Waals surface area contributed by atoms with E-state index in [9.17, 15) is 0 Å². The average Bonchev–Trinajstić information content (AvgIpc) is 2.47. The topological polar surface area (TPSA) is 50.9 Å². The summed E-state index contributed by atoms with van der Waals surface area (Å²) in [6.07, 6.45) is 4.50. The Morgan fingerprint density at radius 3 is 2.95 bits per heavy atom.